The van der Waals surface area contributed by atoms with Crippen molar-refractivity contribution in [1.29, 1.82) is 0 Å². The highest BCUT2D eigenvalue weighted by Crippen LogP contribution is 2.05. The van der Waals surface area contributed by atoms with E-state index >= 15 is 0 Å². The van der Waals surface area contributed by atoms with Gasteiger partial charge in [0, 0.05) is 37.7 Å². The van der Waals surface area contributed by atoms with Gasteiger partial charge in [-0.3, -0.25) is 9.59 Å². The number of carbonyl (C=O) groups is 2. The lowest BCUT2D eigenvalue weighted by molar-refractivity contribution is -0.131. The van der Waals surface area contributed by atoms with Gasteiger partial charge in [0.1, 0.15) is 0 Å². The van der Waals surface area contributed by atoms with Crippen LogP contribution in [0.25, 0.3) is 0 Å². The Morgan fingerprint density at radius 2 is 1.62 bits per heavy atom. The normalized spacial score (nSPS) is 11.6. The summed E-state index contributed by atoms with van der Waals surface area (Å²) in [7, 11) is 0. The highest BCUT2D eigenvalue weighted by Gasteiger charge is 2.18. The van der Waals surface area contributed by atoms with E-state index in [2.05, 4.69) is 5.32 Å². The second-order valence-corrected chi connectivity index (χ2v) is 6.35. The number of nitrogens with two attached hydrogens (primary N) is 1. The predicted molar refractivity (Wildman–Crippen MR) is 104 cm³/mol. The van der Waals surface area contributed by atoms with Crippen molar-refractivity contribution in [2.75, 3.05) is 19.6 Å². The van der Waals surface area contributed by atoms with Gasteiger partial charge in [0.05, 0.1) is 0 Å². The van der Waals surface area contributed by atoms with E-state index in [1.165, 1.54) is 5.56 Å². The number of hydrogen-bond donors (Lipinski definition) is 2. The SMILES string of the molecule is CC(CC(=O)N(CCN)CCc1ccccc1)NC(=O)c1ccccc1. The van der Waals surface area contributed by atoms with E-state index in [4.69, 9.17) is 5.73 Å². The van der Waals surface area contributed by atoms with Gasteiger partial charge in [0.25, 0.3) is 5.91 Å². The van der Waals surface area contributed by atoms with Gasteiger partial charge in [0.2, 0.25) is 5.91 Å². The standard InChI is InChI=1S/C21H27N3O2/c1-17(23-21(26)19-10-6-3-7-11-19)16-20(25)24(15-13-22)14-12-18-8-4-2-5-9-18/h2-11,17H,12-16,22H2,1H3,(H,23,26). The van der Waals surface area contributed by atoms with E-state index in [-0.39, 0.29) is 24.3 Å². The van der Waals surface area contributed by atoms with Crippen LogP contribution >= 0.6 is 0 Å². The van der Waals surface area contributed by atoms with Crippen molar-refractivity contribution in [2.45, 2.75) is 25.8 Å². The van der Waals surface area contributed by atoms with Crippen molar-refractivity contribution in [3.05, 3.63) is 71.8 Å². The molecule has 0 saturated heterocycles. The molecule has 2 aromatic carbocycles. The quantitative estimate of drug-likeness (QED) is 0.726. The summed E-state index contributed by atoms with van der Waals surface area (Å²) in [4.78, 5) is 26.6. The average Bonchev–Trinajstić information content (AvgIpc) is 2.66. The molecule has 0 saturated carbocycles. The van der Waals surface area contributed by atoms with Crippen molar-refractivity contribution in [3.63, 3.8) is 0 Å². The highest BCUT2D eigenvalue weighted by atomic mass is 16.2. The Balaban J connectivity index is 1.86. The molecule has 2 rings (SSSR count). The summed E-state index contributed by atoms with van der Waals surface area (Å²) in [6.07, 6.45) is 1.05. The van der Waals surface area contributed by atoms with E-state index in [1.807, 2.05) is 55.5 Å². The monoisotopic (exact) mass is 353 g/mol. The Morgan fingerprint density at radius 3 is 2.23 bits per heavy atom. The lowest BCUT2D eigenvalue weighted by atomic mass is 10.1. The van der Waals surface area contributed by atoms with Crippen LogP contribution in [0, 0.1) is 0 Å². The summed E-state index contributed by atoms with van der Waals surface area (Å²) >= 11 is 0. The van der Waals surface area contributed by atoms with E-state index in [9.17, 15) is 9.59 Å². The Morgan fingerprint density at radius 1 is 1.00 bits per heavy atom. The maximum atomic E-state index is 12.6. The Kier molecular flexibility index (Phi) is 7.83. The van der Waals surface area contributed by atoms with Gasteiger partial charge in [-0.05, 0) is 31.0 Å². The summed E-state index contributed by atoms with van der Waals surface area (Å²) in [5, 5.41) is 2.88. The summed E-state index contributed by atoms with van der Waals surface area (Å²) in [6.45, 7) is 3.41. The minimum absolute atomic E-state index is 0.00671. The number of carbonyl (C=O) groups excluding carboxylic acids is 2. The van der Waals surface area contributed by atoms with Crippen molar-refractivity contribution >= 4 is 11.8 Å². The van der Waals surface area contributed by atoms with Gasteiger partial charge < -0.3 is 16.0 Å². The van der Waals surface area contributed by atoms with Crippen molar-refractivity contribution in [3.8, 4) is 0 Å². The molecule has 0 aliphatic carbocycles. The lowest BCUT2D eigenvalue weighted by Gasteiger charge is -2.24. The second kappa shape index (κ2) is 10.4. The first-order valence-electron chi connectivity index (χ1n) is 8.98. The van der Waals surface area contributed by atoms with E-state index in [1.54, 1.807) is 17.0 Å². The molecule has 5 nitrogen and oxygen atoms in total. The van der Waals surface area contributed by atoms with Crippen LogP contribution in [0.1, 0.15) is 29.3 Å². The van der Waals surface area contributed by atoms with Crippen LogP contribution in [0.3, 0.4) is 0 Å². The van der Waals surface area contributed by atoms with Gasteiger partial charge >= 0.3 is 0 Å². The zero-order valence-electron chi connectivity index (χ0n) is 15.2. The third-order valence-electron chi connectivity index (χ3n) is 4.16. The molecule has 0 aliphatic heterocycles. The van der Waals surface area contributed by atoms with Gasteiger partial charge in [-0.1, -0.05) is 48.5 Å². The van der Waals surface area contributed by atoms with Gasteiger partial charge in [-0.15, -0.1) is 0 Å². The third kappa shape index (κ3) is 6.33. The fraction of sp³-hybridized carbons (Fsp3) is 0.333. The van der Waals surface area contributed by atoms with E-state index in [0.29, 0.717) is 25.2 Å². The molecule has 1 unspecified atom stereocenters. The fourth-order valence-corrected chi connectivity index (χ4v) is 2.76. The number of rotatable bonds is 9. The number of amides is 2. The molecule has 1 atom stereocenters. The second-order valence-electron chi connectivity index (χ2n) is 6.35. The maximum Gasteiger partial charge on any atom is 0.251 e. The molecule has 0 heterocycles. The molecular weight excluding hydrogens is 326 g/mol. The van der Waals surface area contributed by atoms with Crippen LogP contribution in [0.2, 0.25) is 0 Å². The first kappa shape index (κ1) is 19.7. The van der Waals surface area contributed by atoms with Crippen molar-refractivity contribution in [2.24, 2.45) is 5.73 Å². The molecule has 26 heavy (non-hydrogen) atoms. The fourth-order valence-electron chi connectivity index (χ4n) is 2.76. The molecule has 0 fully saturated rings. The van der Waals surface area contributed by atoms with Crippen LogP contribution in [0.5, 0.6) is 0 Å². The molecular formula is C21H27N3O2. The summed E-state index contributed by atoms with van der Waals surface area (Å²) in [5.74, 6) is -0.159. The minimum atomic E-state index is -0.243. The topological polar surface area (TPSA) is 75.4 Å². The zero-order chi connectivity index (χ0) is 18.8. The Hall–Kier alpha value is -2.66. The van der Waals surface area contributed by atoms with Crippen LogP contribution < -0.4 is 11.1 Å². The average molecular weight is 353 g/mol. The number of nitrogens with zero attached hydrogens (tertiary/aromatic N) is 1. The molecule has 0 aliphatic rings. The van der Waals surface area contributed by atoms with Crippen molar-refractivity contribution < 1.29 is 9.59 Å². The lowest BCUT2D eigenvalue weighted by Crippen LogP contribution is -2.41. The molecule has 0 radical (unpaired) electrons. The van der Waals surface area contributed by atoms with Crippen LogP contribution in [0.4, 0.5) is 0 Å². The van der Waals surface area contributed by atoms with Gasteiger partial charge in [-0.2, -0.15) is 0 Å². The van der Waals surface area contributed by atoms with E-state index < -0.39 is 0 Å². The molecule has 138 valence electrons. The van der Waals surface area contributed by atoms with Crippen LogP contribution in [-0.4, -0.2) is 42.4 Å². The Bertz CT molecular complexity index is 689. The van der Waals surface area contributed by atoms with Gasteiger partial charge in [0.15, 0.2) is 0 Å². The molecule has 0 spiro atoms. The number of benzene rings is 2. The predicted octanol–water partition coefficient (Wildman–Crippen LogP) is 2.22. The molecule has 2 aromatic rings. The maximum absolute atomic E-state index is 12.6. The summed E-state index contributed by atoms with van der Waals surface area (Å²) in [6, 6.07) is 18.8. The number of nitrogens with one attached hydrogen (secondary N) is 1. The van der Waals surface area contributed by atoms with Crippen LogP contribution in [-0.2, 0) is 11.2 Å². The highest BCUT2D eigenvalue weighted by molar-refractivity contribution is 5.94. The molecule has 3 N–H and O–H groups in total. The largest absolute Gasteiger partial charge is 0.349 e. The van der Waals surface area contributed by atoms with Crippen molar-refractivity contribution in [1.82, 2.24) is 10.2 Å². The molecule has 5 heteroatoms. The Labute approximate surface area is 155 Å². The smallest absolute Gasteiger partial charge is 0.251 e. The first-order valence-corrected chi connectivity index (χ1v) is 8.98. The summed E-state index contributed by atoms with van der Waals surface area (Å²) in [5.41, 5.74) is 7.44. The van der Waals surface area contributed by atoms with Crippen LogP contribution in [0.15, 0.2) is 60.7 Å². The van der Waals surface area contributed by atoms with Gasteiger partial charge in [-0.25, -0.2) is 0 Å². The molecule has 0 bridgehead atoms. The number of hydrogen-bond acceptors (Lipinski definition) is 3. The van der Waals surface area contributed by atoms with E-state index in [0.717, 1.165) is 6.42 Å². The minimum Gasteiger partial charge on any atom is -0.349 e. The summed E-state index contributed by atoms with van der Waals surface area (Å²) < 4.78 is 0. The molecule has 0 aromatic heterocycles. The molecule has 2 amide bonds. The third-order valence-corrected chi connectivity index (χ3v) is 4.16. The first-order chi connectivity index (χ1) is 12.6. The zero-order valence-corrected chi connectivity index (χ0v) is 15.2.